The van der Waals surface area contributed by atoms with Gasteiger partial charge in [-0.1, -0.05) is 36.4 Å². The molecule has 3 rings (SSSR count). The minimum absolute atomic E-state index is 0.0866. The highest BCUT2D eigenvalue weighted by molar-refractivity contribution is 9.10. The first-order chi connectivity index (χ1) is 10.7. The van der Waals surface area contributed by atoms with Gasteiger partial charge in [-0.25, -0.2) is 4.98 Å². The van der Waals surface area contributed by atoms with Gasteiger partial charge in [0.15, 0.2) is 0 Å². The minimum Gasteiger partial charge on any atom is -0.348 e. The highest BCUT2D eigenvalue weighted by Gasteiger charge is 2.08. The zero-order chi connectivity index (χ0) is 15.4. The van der Waals surface area contributed by atoms with Crippen LogP contribution < -0.4 is 5.32 Å². The van der Waals surface area contributed by atoms with Crippen molar-refractivity contribution in [1.29, 1.82) is 0 Å². The van der Waals surface area contributed by atoms with Crippen molar-refractivity contribution in [2.24, 2.45) is 0 Å². The van der Waals surface area contributed by atoms with Crippen LogP contribution in [0.5, 0.6) is 0 Å². The minimum atomic E-state index is -0.0866. The SMILES string of the molecule is O=C(NCc1ccc(-c2nccs2)cc1)c1ccccc1Br. The molecule has 0 aliphatic carbocycles. The first-order valence-electron chi connectivity index (χ1n) is 6.75. The number of hydrogen-bond acceptors (Lipinski definition) is 3. The summed E-state index contributed by atoms with van der Waals surface area (Å²) in [5.41, 5.74) is 2.79. The molecule has 0 aliphatic rings. The second kappa shape index (κ2) is 6.85. The monoisotopic (exact) mass is 372 g/mol. The molecule has 0 radical (unpaired) electrons. The summed E-state index contributed by atoms with van der Waals surface area (Å²) in [4.78, 5) is 16.4. The van der Waals surface area contributed by atoms with Crippen LogP contribution in [0.4, 0.5) is 0 Å². The van der Waals surface area contributed by atoms with Gasteiger partial charge in [0.1, 0.15) is 5.01 Å². The lowest BCUT2D eigenvalue weighted by atomic mass is 10.1. The van der Waals surface area contributed by atoms with E-state index in [1.54, 1.807) is 23.6 Å². The molecule has 0 saturated carbocycles. The van der Waals surface area contributed by atoms with Crippen LogP contribution in [0.2, 0.25) is 0 Å². The van der Waals surface area contributed by atoms with E-state index in [1.165, 1.54) is 0 Å². The van der Waals surface area contributed by atoms with E-state index < -0.39 is 0 Å². The molecule has 3 aromatic rings. The maximum Gasteiger partial charge on any atom is 0.252 e. The number of nitrogens with zero attached hydrogens (tertiary/aromatic N) is 1. The summed E-state index contributed by atoms with van der Waals surface area (Å²) in [5, 5.41) is 5.89. The predicted octanol–water partition coefficient (Wildman–Crippen LogP) is 4.50. The lowest BCUT2D eigenvalue weighted by Crippen LogP contribution is -2.23. The Morgan fingerprint density at radius 2 is 1.91 bits per heavy atom. The number of aromatic nitrogens is 1. The van der Waals surface area contributed by atoms with E-state index in [-0.39, 0.29) is 5.91 Å². The van der Waals surface area contributed by atoms with Crippen molar-refractivity contribution in [3.8, 4) is 10.6 Å². The Balaban J connectivity index is 1.64. The Morgan fingerprint density at radius 1 is 1.14 bits per heavy atom. The fourth-order valence-electron chi connectivity index (χ4n) is 2.05. The third-order valence-corrected chi connectivity index (χ3v) is 4.72. The largest absolute Gasteiger partial charge is 0.348 e. The van der Waals surface area contributed by atoms with Gasteiger partial charge in [-0.3, -0.25) is 4.79 Å². The van der Waals surface area contributed by atoms with Gasteiger partial charge in [0, 0.05) is 28.2 Å². The van der Waals surface area contributed by atoms with Crippen LogP contribution in [-0.4, -0.2) is 10.9 Å². The number of halogens is 1. The molecule has 2 aromatic carbocycles. The average molecular weight is 373 g/mol. The van der Waals surface area contributed by atoms with Crippen molar-refractivity contribution in [2.75, 3.05) is 0 Å². The Hall–Kier alpha value is -1.98. The second-order valence-corrected chi connectivity index (χ2v) is 6.45. The summed E-state index contributed by atoms with van der Waals surface area (Å²) in [6.07, 6.45) is 1.80. The quantitative estimate of drug-likeness (QED) is 0.732. The third kappa shape index (κ3) is 3.43. The Labute approximate surface area is 141 Å². The van der Waals surface area contributed by atoms with Crippen LogP contribution in [0.15, 0.2) is 64.6 Å². The van der Waals surface area contributed by atoms with Gasteiger partial charge in [-0.05, 0) is 33.6 Å². The van der Waals surface area contributed by atoms with E-state index in [9.17, 15) is 4.79 Å². The first kappa shape index (κ1) is 14.9. The van der Waals surface area contributed by atoms with Gasteiger partial charge >= 0.3 is 0 Å². The number of amides is 1. The van der Waals surface area contributed by atoms with E-state index in [0.29, 0.717) is 12.1 Å². The molecule has 0 saturated heterocycles. The molecule has 5 heteroatoms. The number of rotatable bonds is 4. The van der Waals surface area contributed by atoms with Crippen LogP contribution in [0.25, 0.3) is 10.6 Å². The molecule has 3 nitrogen and oxygen atoms in total. The van der Waals surface area contributed by atoms with Crippen molar-refractivity contribution in [3.63, 3.8) is 0 Å². The van der Waals surface area contributed by atoms with Crippen LogP contribution >= 0.6 is 27.3 Å². The smallest absolute Gasteiger partial charge is 0.252 e. The third-order valence-electron chi connectivity index (χ3n) is 3.20. The van der Waals surface area contributed by atoms with Crippen molar-refractivity contribution in [2.45, 2.75) is 6.54 Å². The molecule has 0 fully saturated rings. The molecule has 1 aromatic heterocycles. The van der Waals surface area contributed by atoms with E-state index in [1.807, 2.05) is 47.8 Å². The molecule has 1 N–H and O–H groups in total. The molecule has 110 valence electrons. The average Bonchev–Trinajstić information content (AvgIpc) is 3.08. The van der Waals surface area contributed by atoms with E-state index in [0.717, 1.165) is 20.6 Å². The number of benzene rings is 2. The Kier molecular flexibility index (Phi) is 4.65. The summed E-state index contributed by atoms with van der Waals surface area (Å²) in [6.45, 7) is 0.498. The molecule has 0 spiro atoms. The lowest BCUT2D eigenvalue weighted by Gasteiger charge is -2.07. The van der Waals surface area contributed by atoms with Crippen LogP contribution in [0, 0.1) is 0 Å². The highest BCUT2D eigenvalue weighted by Crippen LogP contribution is 2.22. The zero-order valence-electron chi connectivity index (χ0n) is 11.6. The molecular weight excluding hydrogens is 360 g/mol. The van der Waals surface area contributed by atoms with Gasteiger partial charge in [0.25, 0.3) is 5.91 Å². The second-order valence-electron chi connectivity index (χ2n) is 4.70. The zero-order valence-corrected chi connectivity index (χ0v) is 14.0. The van der Waals surface area contributed by atoms with Crippen molar-refractivity contribution < 1.29 is 4.79 Å². The van der Waals surface area contributed by atoms with Crippen molar-refractivity contribution >= 4 is 33.2 Å². The Morgan fingerprint density at radius 3 is 2.59 bits per heavy atom. The molecule has 1 amide bonds. The maximum atomic E-state index is 12.1. The normalized spacial score (nSPS) is 10.4. The summed E-state index contributed by atoms with van der Waals surface area (Å²) in [5.74, 6) is -0.0866. The standard InChI is InChI=1S/C17H13BrN2OS/c18-15-4-2-1-3-14(15)16(21)20-11-12-5-7-13(8-6-12)17-19-9-10-22-17/h1-10H,11H2,(H,20,21). The van der Waals surface area contributed by atoms with Crippen LogP contribution in [0.1, 0.15) is 15.9 Å². The number of carbonyl (C=O) groups is 1. The lowest BCUT2D eigenvalue weighted by molar-refractivity contribution is 0.0950. The van der Waals surface area contributed by atoms with Crippen LogP contribution in [0.3, 0.4) is 0 Å². The molecule has 22 heavy (non-hydrogen) atoms. The maximum absolute atomic E-state index is 12.1. The first-order valence-corrected chi connectivity index (χ1v) is 8.43. The number of thiazole rings is 1. The summed E-state index contributed by atoms with van der Waals surface area (Å²) in [7, 11) is 0. The number of nitrogens with one attached hydrogen (secondary N) is 1. The molecule has 0 unspecified atom stereocenters. The molecule has 0 bridgehead atoms. The molecule has 0 atom stereocenters. The summed E-state index contributed by atoms with van der Waals surface area (Å²) >= 11 is 5.00. The highest BCUT2D eigenvalue weighted by atomic mass is 79.9. The van der Waals surface area contributed by atoms with E-state index in [4.69, 9.17) is 0 Å². The molecule has 1 heterocycles. The fourth-order valence-corrected chi connectivity index (χ4v) is 3.16. The van der Waals surface area contributed by atoms with Gasteiger partial charge < -0.3 is 5.32 Å². The summed E-state index contributed by atoms with van der Waals surface area (Å²) < 4.78 is 0.798. The van der Waals surface area contributed by atoms with Crippen molar-refractivity contribution in [1.82, 2.24) is 10.3 Å². The van der Waals surface area contributed by atoms with Gasteiger partial charge in [-0.2, -0.15) is 0 Å². The van der Waals surface area contributed by atoms with Crippen LogP contribution in [-0.2, 0) is 6.54 Å². The van der Waals surface area contributed by atoms with Gasteiger partial charge in [0.2, 0.25) is 0 Å². The summed E-state index contributed by atoms with van der Waals surface area (Å²) in [6, 6.07) is 15.5. The topological polar surface area (TPSA) is 42.0 Å². The fraction of sp³-hybridized carbons (Fsp3) is 0.0588. The van der Waals surface area contributed by atoms with Crippen molar-refractivity contribution in [3.05, 3.63) is 75.7 Å². The Bertz CT molecular complexity index is 770. The van der Waals surface area contributed by atoms with E-state index in [2.05, 4.69) is 26.2 Å². The van der Waals surface area contributed by atoms with Gasteiger partial charge in [0.05, 0.1) is 5.56 Å². The van der Waals surface area contributed by atoms with E-state index >= 15 is 0 Å². The van der Waals surface area contributed by atoms with Gasteiger partial charge in [-0.15, -0.1) is 11.3 Å². The molecular formula is C17H13BrN2OS. The predicted molar refractivity (Wildman–Crippen MR) is 92.9 cm³/mol. The molecule has 0 aliphatic heterocycles. The number of hydrogen-bond donors (Lipinski definition) is 1. The number of carbonyl (C=O) groups excluding carboxylic acids is 1.